The summed E-state index contributed by atoms with van der Waals surface area (Å²) in [4.78, 5) is 24.5. The summed E-state index contributed by atoms with van der Waals surface area (Å²) in [7, 11) is 0. The predicted octanol–water partition coefficient (Wildman–Crippen LogP) is 4.46. The molecule has 2 aromatic carbocycles. The summed E-state index contributed by atoms with van der Waals surface area (Å²) in [5.41, 5.74) is 1.55. The third kappa shape index (κ3) is 4.29. The minimum atomic E-state index is -0.340. The van der Waals surface area contributed by atoms with Crippen LogP contribution in [0.15, 0.2) is 71.7 Å². The van der Waals surface area contributed by atoms with Crippen molar-refractivity contribution in [3.05, 3.63) is 98.4 Å². The van der Waals surface area contributed by atoms with Crippen LogP contribution in [-0.2, 0) is 6.54 Å². The van der Waals surface area contributed by atoms with E-state index in [4.69, 9.17) is 23.2 Å². The monoisotopic (exact) mass is 372 g/mol. The van der Waals surface area contributed by atoms with Gasteiger partial charge in [-0.3, -0.25) is 9.59 Å². The van der Waals surface area contributed by atoms with Gasteiger partial charge in [0.15, 0.2) is 0 Å². The minimum absolute atomic E-state index is 0.200. The SMILES string of the molecule is O=C(Nc1ccccc1Cl)c1ccc(=O)n(Cc2cccc(Cl)c2)c1. The highest BCUT2D eigenvalue weighted by molar-refractivity contribution is 6.33. The first-order valence-electron chi connectivity index (χ1n) is 7.54. The quantitative estimate of drug-likeness (QED) is 0.734. The van der Waals surface area contributed by atoms with Gasteiger partial charge in [0.05, 0.1) is 22.8 Å². The number of carbonyl (C=O) groups is 1. The van der Waals surface area contributed by atoms with Crippen molar-refractivity contribution in [2.75, 3.05) is 5.32 Å². The number of aromatic nitrogens is 1. The van der Waals surface area contributed by atoms with Gasteiger partial charge in [-0.2, -0.15) is 0 Å². The normalized spacial score (nSPS) is 10.5. The standard InChI is InChI=1S/C19H14Cl2N2O2/c20-15-5-3-4-13(10-15)11-23-12-14(8-9-18(23)24)19(25)22-17-7-2-1-6-16(17)21/h1-10,12H,11H2,(H,22,25). The Hall–Kier alpha value is -2.56. The number of para-hydroxylation sites is 1. The third-order valence-corrected chi connectivity index (χ3v) is 4.17. The van der Waals surface area contributed by atoms with Crippen molar-refractivity contribution in [2.45, 2.75) is 6.54 Å². The van der Waals surface area contributed by atoms with Gasteiger partial charge in [-0.1, -0.05) is 47.5 Å². The van der Waals surface area contributed by atoms with Crippen LogP contribution in [0.5, 0.6) is 0 Å². The molecule has 3 rings (SSSR count). The molecule has 0 saturated carbocycles. The number of hydrogen-bond acceptors (Lipinski definition) is 2. The molecule has 0 spiro atoms. The van der Waals surface area contributed by atoms with E-state index in [2.05, 4.69) is 5.32 Å². The zero-order valence-corrected chi connectivity index (χ0v) is 14.6. The lowest BCUT2D eigenvalue weighted by Crippen LogP contribution is -2.22. The number of halogens is 2. The summed E-state index contributed by atoms with van der Waals surface area (Å²) >= 11 is 12.0. The highest BCUT2D eigenvalue weighted by Crippen LogP contribution is 2.21. The molecule has 0 bridgehead atoms. The molecule has 4 nitrogen and oxygen atoms in total. The summed E-state index contributed by atoms with van der Waals surface area (Å²) < 4.78 is 1.47. The van der Waals surface area contributed by atoms with Gasteiger partial charge in [0.1, 0.15) is 0 Å². The molecule has 0 aliphatic rings. The highest BCUT2D eigenvalue weighted by Gasteiger charge is 2.10. The molecule has 0 aliphatic heterocycles. The van der Waals surface area contributed by atoms with Gasteiger partial charge in [-0.15, -0.1) is 0 Å². The van der Waals surface area contributed by atoms with E-state index in [9.17, 15) is 9.59 Å². The number of nitrogens with zero attached hydrogens (tertiary/aromatic N) is 1. The Bertz CT molecular complexity index is 983. The molecule has 0 atom stereocenters. The molecule has 126 valence electrons. The molecule has 0 unspecified atom stereocenters. The largest absolute Gasteiger partial charge is 0.321 e. The van der Waals surface area contributed by atoms with Crippen LogP contribution in [0.3, 0.4) is 0 Å². The fraction of sp³-hybridized carbons (Fsp3) is 0.0526. The molecule has 0 aliphatic carbocycles. The van der Waals surface area contributed by atoms with Crippen LogP contribution in [0.2, 0.25) is 10.0 Å². The van der Waals surface area contributed by atoms with E-state index in [0.29, 0.717) is 27.8 Å². The number of hydrogen-bond donors (Lipinski definition) is 1. The van der Waals surface area contributed by atoms with E-state index in [-0.39, 0.29) is 11.5 Å². The van der Waals surface area contributed by atoms with Crippen molar-refractivity contribution in [3.8, 4) is 0 Å². The van der Waals surface area contributed by atoms with Crippen LogP contribution in [0.25, 0.3) is 0 Å². The van der Waals surface area contributed by atoms with Gasteiger partial charge in [0, 0.05) is 17.3 Å². The number of benzene rings is 2. The van der Waals surface area contributed by atoms with Crippen LogP contribution < -0.4 is 10.9 Å². The molecule has 0 fully saturated rings. The molecule has 0 radical (unpaired) electrons. The summed E-state index contributed by atoms with van der Waals surface area (Å²) in [6.07, 6.45) is 1.52. The van der Waals surface area contributed by atoms with E-state index in [0.717, 1.165) is 5.56 Å². The number of rotatable bonds is 4. The van der Waals surface area contributed by atoms with Crippen molar-refractivity contribution >= 4 is 34.8 Å². The Morgan fingerprint density at radius 2 is 1.80 bits per heavy atom. The number of nitrogens with one attached hydrogen (secondary N) is 1. The van der Waals surface area contributed by atoms with Crippen LogP contribution >= 0.6 is 23.2 Å². The van der Waals surface area contributed by atoms with Crippen LogP contribution in [0.4, 0.5) is 5.69 Å². The van der Waals surface area contributed by atoms with Crippen molar-refractivity contribution in [3.63, 3.8) is 0 Å². The first kappa shape index (κ1) is 17.3. The molecule has 1 amide bonds. The predicted molar refractivity (Wildman–Crippen MR) is 101 cm³/mol. The number of carbonyl (C=O) groups excluding carboxylic acids is 1. The first-order chi connectivity index (χ1) is 12.0. The Labute approximate surface area is 154 Å². The van der Waals surface area contributed by atoms with Crippen molar-refractivity contribution < 1.29 is 4.79 Å². The minimum Gasteiger partial charge on any atom is -0.321 e. The average molecular weight is 373 g/mol. The molecular formula is C19H14Cl2N2O2. The van der Waals surface area contributed by atoms with Crippen molar-refractivity contribution in [1.29, 1.82) is 0 Å². The molecular weight excluding hydrogens is 359 g/mol. The second-order valence-electron chi connectivity index (χ2n) is 5.45. The fourth-order valence-electron chi connectivity index (χ4n) is 2.38. The Morgan fingerprint density at radius 3 is 2.56 bits per heavy atom. The Morgan fingerprint density at radius 1 is 1.00 bits per heavy atom. The molecule has 0 saturated heterocycles. The second kappa shape index (κ2) is 7.55. The van der Waals surface area contributed by atoms with Gasteiger partial charge < -0.3 is 9.88 Å². The molecule has 3 aromatic rings. The smallest absolute Gasteiger partial charge is 0.257 e. The first-order valence-corrected chi connectivity index (χ1v) is 8.29. The summed E-state index contributed by atoms with van der Waals surface area (Å²) in [6.45, 7) is 0.326. The third-order valence-electron chi connectivity index (χ3n) is 3.61. The molecule has 6 heteroatoms. The van der Waals surface area contributed by atoms with Gasteiger partial charge in [0.2, 0.25) is 0 Å². The van der Waals surface area contributed by atoms with E-state index < -0.39 is 0 Å². The Balaban J connectivity index is 1.85. The number of pyridine rings is 1. The molecule has 1 aromatic heterocycles. The van der Waals surface area contributed by atoms with Crippen LogP contribution in [0.1, 0.15) is 15.9 Å². The van der Waals surface area contributed by atoms with Crippen molar-refractivity contribution in [1.82, 2.24) is 4.57 Å². The van der Waals surface area contributed by atoms with E-state index in [1.54, 1.807) is 36.4 Å². The van der Waals surface area contributed by atoms with E-state index in [1.807, 2.05) is 12.1 Å². The molecule has 1 N–H and O–H groups in total. The summed E-state index contributed by atoms with van der Waals surface area (Å²) in [6, 6.07) is 17.1. The van der Waals surface area contributed by atoms with Gasteiger partial charge >= 0.3 is 0 Å². The maximum Gasteiger partial charge on any atom is 0.257 e. The maximum atomic E-state index is 12.4. The molecule has 25 heavy (non-hydrogen) atoms. The zero-order valence-electron chi connectivity index (χ0n) is 13.1. The van der Waals surface area contributed by atoms with Crippen LogP contribution in [-0.4, -0.2) is 10.5 Å². The second-order valence-corrected chi connectivity index (χ2v) is 6.29. The topological polar surface area (TPSA) is 51.1 Å². The summed E-state index contributed by atoms with van der Waals surface area (Å²) in [5, 5.41) is 3.78. The van der Waals surface area contributed by atoms with Crippen molar-refractivity contribution in [2.24, 2.45) is 0 Å². The maximum absolute atomic E-state index is 12.4. The zero-order chi connectivity index (χ0) is 17.8. The lowest BCUT2D eigenvalue weighted by molar-refractivity contribution is 0.102. The average Bonchev–Trinajstić information content (AvgIpc) is 2.59. The summed E-state index contributed by atoms with van der Waals surface area (Å²) in [5.74, 6) is -0.340. The van der Waals surface area contributed by atoms with Gasteiger partial charge in [0.25, 0.3) is 11.5 Å². The highest BCUT2D eigenvalue weighted by atomic mass is 35.5. The Kier molecular flexibility index (Phi) is 5.22. The lowest BCUT2D eigenvalue weighted by atomic mass is 10.2. The number of amides is 1. The number of anilines is 1. The van der Waals surface area contributed by atoms with Gasteiger partial charge in [-0.25, -0.2) is 0 Å². The van der Waals surface area contributed by atoms with E-state index in [1.165, 1.54) is 22.9 Å². The van der Waals surface area contributed by atoms with E-state index >= 15 is 0 Å². The fourth-order valence-corrected chi connectivity index (χ4v) is 2.77. The lowest BCUT2D eigenvalue weighted by Gasteiger charge is -2.10. The molecule has 1 heterocycles. The van der Waals surface area contributed by atoms with Crippen LogP contribution in [0, 0.1) is 0 Å². The van der Waals surface area contributed by atoms with Gasteiger partial charge in [-0.05, 0) is 35.9 Å².